The van der Waals surface area contributed by atoms with Crippen LogP contribution in [0.3, 0.4) is 0 Å². The lowest BCUT2D eigenvalue weighted by Crippen LogP contribution is -2.43. The molecule has 21 heavy (non-hydrogen) atoms. The Balaban J connectivity index is 3.22. The van der Waals surface area contributed by atoms with Crippen molar-refractivity contribution in [1.82, 2.24) is 9.29 Å². The molecule has 0 saturated heterocycles. The second-order valence-corrected chi connectivity index (χ2v) is 7.49. The van der Waals surface area contributed by atoms with Crippen LogP contribution < -0.4 is 0 Å². The first-order valence-corrected chi connectivity index (χ1v) is 8.76. The van der Waals surface area contributed by atoms with Crippen LogP contribution in [0.2, 0.25) is 5.15 Å². The van der Waals surface area contributed by atoms with Gasteiger partial charge in [0.25, 0.3) is 0 Å². The molecular weight excluding hydrogens is 384 g/mol. The number of nitrogens with zero attached hydrogens (tertiary/aromatic N) is 2. The summed E-state index contributed by atoms with van der Waals surface area (Å²) in [5.41, 5.74) is 0. The molecule has 120 valence electrons. The van der Waals surface area contributed by atoms with E-state index in [9.17, 15) is 8.42 Å². The molecule has 0 radical (unpaired) electrons. The normalized spacial score (nSPS) is 13.6. The van der Waals surface area contributed by atoms with Gasteiger partial charge in [0.05, 0.1) is 13.2 Å². The molecule has 0 aromatic carbocycles. The third-order valence-corrected chi connectivity index (χ3v) is 5.65. The minimum Gasteiger partial charge on any atom is -0.383 e. The van der Waals surface area contributed by atoms with E-state index in [0.29, 0.717) is 4.47 Å². The van der Waals surface area contributed by atoms with Crippen molar-refractivity contribution in [3.63, 3.8) is 0 Å². The molecule has 1 atom stereocenters. The molecule has 0 amide bonds. The van der Waals surface area contributed by atoms with Gasteiger partial charge in [0.2, 0.25) is 10.0 Å². The van der Waals surface area contributed by atoms with Crippen LogP contribution in [-0.2, 0) is 19.5 Å². The number of hydrogen-bond donors (Lipinski definition) is 0. The van der Waals surface area contributed by atoms with Crippen LogP contribution in [0.5, 0.6) is 0 Å². The Morgan fingerprint density at radius 3 is 2.67 bits per heavy atom. The van der Waals surface area contributed by atoms with Crippen LogP contribution in [0, 0.1) is 0 Å². The predicted molar refractivity (Wildman–Crippen MR) is 84.1 cm³/mol. The van der Waals surface area contributed by atoms with Gasteiger partial charge in [-0.05, 0) is 28.9 Å². The number of halogens is 2. The molecule has 1 unspecified atom stereocenters. The number of rotatable bonds is 8. The van der Waals surface area contributed by atoms with Gasteiger partial charge in [0, 0.05) is 37.5 Å². The number of ether oxygens (including phenoxy) is 2. The second-order valence-electron chi connectivity index (χ2n) is 4.36. The van der Waals surface area contributed by atoms with E-state index in [1.165, 1.54) is 30.8 Å². The van der Waals surface area contributed by atoms with Crippen LogP contribution in [0.25, 0.3) is 0 Å². The first kappa shape index (κ1) is 18.8. The fourth-order valence-corrected chi connectivity index (χ4v) is 4.32. The number of hydrogen-bond acceptors (Lipinski definition) is 5. The van der Waals surface area contributed by atoms with Gasteiger partial charge in [0.1, 0.15) is 10.0 Å². The smallest absolute Gasteiger partial charge is 0.246 e. The van der Waals surface area contributed by atoms with Crippen molar-refractivity contribution in [2.75, 3.05) is 34.0 Å². The Kier molecular flexibility index (Phi) is 7.52. The van der Waals surface area contributed by atoms with Gasteiger partial charge >= 0.3 is 0 Å². The van der Waals surface area contributed by atoms with Crippen LogP contribution in [-0.4, -0.2) is 57.7 Å². The number of aromatic nitrogens is 1. The highest BCUT2D eigenvalue weighted by molar-refractivity contribution is 9.10. The van der Waals surface area contributed by atoms with Gasteiger partial charge in [-0.3, -0.25) is 0 Å². The molecule has 0 aliphatic heterocycles. The van der Waals surface area contributed by atoms with Gasteiger partial charge in [-0.25, -0.2) is 13.4 Å². The number of sulfonamides is 1. The summed E-state index contributed by atoms with van der Waals surface area (Å²) in [7, 11) is -0.767. The van der Waals surface area contributed by atoms with Crippen LogP contribution in [0.15, 0.2) is 21.6 Å². The Hall–Kier alpha value is -0.250. The van der Waals surface area contributed by atoms with Gasteiger partial charge in [-0.2, -0.15) is 4.31 Å². The third-order valence-electron chi connectivity index (χ3n) is 2.78. The zero-order valence-electron chi connectivity index (χ0n) is 12.0. The van der Waals surface area contributed by atoms with E-state index in [2.05, 4.69) is 20.9 Å². The standard InChI is InChI=1S/C12H18BrClN2O4S/c1-9(8-20-3)16(4-5-19-2)21(17,18)11-6-10(13)7-15-12(11)14/h6-7,9H,4-5,8H2,1-3H3. The van der Waals surface area contributed by atoms with Gasteiger partial charge in [-0.1, -0.05) is 11.6 Å². The van der Waals surface area contributed by atoms with Crippen molar-refractivity contribution >= 4 is 37.6 Å². The van der Waals surface area contributed by atoms with Crippen LogP contribution in [0.1, 0.15) is 6.92 Å². The molecule has 0 aliphatic carbocycles. The maximum absolute atomic E-state index is 12.8. The highest BCUT2D eigenvalue weighted by atomic mass is 79.9. The van der Waals surface area contributed by atoms with Gasteiger partial charge in [0.15, 0.2) is 0 Å². The molecule has 0 spiro atoms. The van der Waals surface area contributed by atoms with E-state index in [0.717, 1.165) is 0 Å². The van der Waals surface area contributed by atoms with E-state index in [1.54, 1.807) is 6.92 Å². The lowest BCUT2D eigenvalue weighted by Gasteiger charge is -2.27. The molecular formula is C12H18BrClN2O4S. The van der Waals surface area contributed by atoms with Crippen LogP contribution in [0.4, 0.5) is 0 Å². The maximum Gasteiger partial charge on any atom is 0.246 e. The molecule has 0 fully saturated rings. The van der Waals surface area contributed by atoms with Crippen molar-refractivity contribution in [1.29, 1.82) is 0 Å². The molecule has 6 nitrogen and oxygen atoms in total. The minimum absolute atomic E-state index is 0.0439. The van der Waals surface area contributed by atoms with E-state index in [4.69, 9.17) is 21.1 Å². The number of methoxy groups -OCH3 is 2. The summed E-state index contributed by atoms with van der Waals surface area (Å²) in [6.07, 6.45) is 1.44. The Bertz CT molecular complexity index is 570. The second kappa shape index (κ2) is 8.40. The molecule has 1 aromatic rings. The third kappa shape index (κ3) is 4.87. The lowest BCUT2D eigenvalue weighted by atomic mass is 10.3. The molecule has 0 bridgehead atoms. The summed E-state index contributed by atoms with van der Waals surface area (Å²) < 4.78 is 37.5. The molecule has 0 saturated carbocycles. The molecule has 1 heterocycles. The van der Waals surface area contributed by atoms with E-state index in [1.807, 2.05) is 0 Å². The zero-order chi connectivity index (χ0) is 16.0. The van der Waals surface area contributed by atoms with Crippen molar-refractivity contribution in [3.05, 3.63) is 21.9 Å². The fourth-order valence-electron chi connectivity index (χ4n) is 1.79. The Labute approximate surface area is 138 Å². The summed E-state index contributed by atoms with van der Waals surface area (Å²) in [5.74, 6) is 0. The Morgan fingerprint density at radius 1 is 1.43 bits per heavy atom. The molecule has 0 aliphatic rings. The zero-order valence-corrected chi connectivity index (χ0v) is 15.2. The maximum atomic E-state index is 12.8. The van der Waals surface area contributed by atoms with Gasteiger partial charge < -0.3 is 9.47 Å². The fraction of sp³-hybridized carbons (Fsp3) is 0.583. The molecule has 1 rings (SSSR count). The van der Waals surface area contributed by atoms with E-state index >= 15 is 0 Å². The van der Waals surface area contributed by atoms with E-state index < -0.39 is 10.0 Å². The summed E-state index contributed by atoms with van der Waals surface area (Å²) in [5, 5.41) is -0.0646. The van der Waals surface area contributed by atoms with Crippen LogP contribution >= 0.6 is 27.5 Å². The molecule has 0 N–H and O–H groups in total. The highest BCUT2D eigenvalue weighted by Gasteiger charge is 2.31. The average Bonchev–Trinajstić information content (AvgIpc) is 2.42. The van der Waals surface area contributed by atoms with Crippen molar-refractivity contribution in [3.8, 4) is 0 Å². The topological polar surface area (TPSA) is 68.7 Å². The summed E-state index contributed by atoms with van der Waals surface area (Å²) in [6, 6.07) is 1.08. The van der Waals surface area contributed by atoms with Crippen molar-refractivity contribution in [2.45, 2.75) is 17.9 Å². The Morgan fingerprint density at radius 2 is 2.10 bits per heavy atom. The quantitative estimate of drug-likeness (QED) is 0.624. The summed E-state index contributed by atoms with van der Waals surface area (Å²) >= 11 is 9.15. The lowest BCUT2D eigenvalue weighted by molar-refractivity contribution is 0.119. The molecule has 1 aromatic heterocycles. The van der Waals surface area contributed by atoms with Crippen molar-refractivity contribution in [2.24, 2.45) is 0 Å². The summed E-state index contributed by atoms with van der Waals surface area (Å²) in [4.78, 5) is 3.82. The van der Waals surface area contributed by atoms with Gasteiger partial charge in [-0.15, -0.1) is 0 Å². The monoisotopic (exact) mass is 400 g/mol. The van der Waals surface area contributed by atoms with Crippen molar-refractivity contribution < 1.29 is 17.9 Å². The first-order valence-electron chi connectivity index (χ1n) is 6.15. The predicted octanol–water partition coefficient (Wildman–Crippen LogP) is 2.17. The largest absolute Gasteiger partial charge is 0.383 e. The number of pyridine rings is 1. The molecule has 9 heteroatoms. The van der Waals surface area contributed by atoms with E-state index in [-0.39, 0.29) is 35.8 Å². The SMILES string of the molecule is COCCN(C(C)COC)S(=O)(=O)c1cc(Br)cnc1Cl. The summed E-state index contributed by atoms with van der Waals surface area (Å²) in [6.45, 7) is 2.50. The first-order chi connectivity index (χ1) is 9.84. The minimum atomic E-state index is -3.80. The average molecular weight is 402 g/mol. The highest BCUT2D eigenvalue weighted by Crippen LogP contribution is 2.27.